The Morgan fingerprint density at radius 2 is 1.95 bits per heavy atom. The Hall–Kier alpha value is -1.41. The van der Waals surface area contributed by atoms with Gasteiger partial charge in [0.05, 0.1) is 5.92 Å². The van der Waals surface area contributed by atoms with Gasteiger partial charge in [0.1, 0.15) is 11.7 Å². The highest BCUT2D eigenvalue weighted by Gasteiger charge is 2.76. The minimum absolute atomic E-state index is 0. The van der Waals surface area contributed by atoms with Gasteiger partial charge in [0, 0.05) is 31.2 Å². The van der Waals surface area contributed by atoms with Crippen molar-refractivity contribution in [1.82, 2.24) is 5.32 Å². The monoisotopic (exact) mass is 310 g/mol. The molecule has 2 fully saturated rings. The van der Waals surface area contributed by atoms with Crippen molar-refractivity contribution in [2.75, 3.05) is 6.54 Å². The van der Waals surface area contributed by atoms with Crippen molar-refractivity contribution in [3.63, 3.8) is 0 Å². The number of alkyl halides is 1. The van der Waals surface area contributed by atoms with Gasteiger partial charge >= 0.3 is 11.9 Å². The van der Waals surface area contributed by atoms with E-state index in [0.717, 1.165) is 0 Å². The normalized spacial score (nSPS) is 37.5. The van der Waals surface area contributed by atoms with E-state index in [1.165, 1.54) is 0 Å². The molecule has 20 heavy (non-hydrogen) atoms. The number of carboxylic acid groups (broad SMARTS) is 2. The molecule has 2 saturated carbocycles. The van der Waals surface area contributed by atoms with Crippen LogP contribution in [-0.4, -0.2) is 46.3 Å². The first-order valence-electron chi connectivity index (χ1n) is 5.96. The van der Waals surface area contributed by atoms with E-state index >= 15 is 0 Å². The van der Waals surface area contributed by atoms with Crippen molar-refractivity contribution in [3.8, 4) is 0 Å². The second-order valence-electron chi connectivity index (χ2n) is 5.05. The van der Waals surface area contributed by atoms with Gasteiger partial charge in [-0.05, 0) is 0 Å². The predicted octanol–water partition coefficient (Wildman–Crippen LogP) is -0.615. The molecule has 0 bridgehead atoms. The SMILES string of the molecule is Cl.NCCC(=O)N[C@@]1(C(=O)O)C[C@@H](F)[C@H]2[C@H](C(=O)O)[C@H]21. The van der Waals surface area contributed by atoms with E-state index in [0.29, 0.717) is 0 Å². The van der Waals surface area contributed by atoms with Gasteiger partial charge in [0.15, 0.2) is 0 Å². The van der Waals surface area contributed by atoms with Crippen LogP contribution in [0.5, 0.6) is 0 Å². The lowest BCUT2D eigenvalue weighted by Crippen LogP contribution is -2.56. The molecule has 0 aromatic rings. The van der Waals surface area contributed by atoms with Gasteiger partial charge in [0.2, 0.25) is 5.91 Å². The third kappa shape index (κ3) is 2.33. The van der Waals surface area contributed by atoms with Gasteiger partial charge in [0.25, 0.3) is 0 Å². The van der Waals surface area contributed by atoms with Crippen LogP contribution in [0.4, 0.5) is 4.39 Å². The zero-order valence-electron chi connectivity index (χ0n) is 10.4. The summed E-state index contributed by atoms with van der Waals surface area (Å²) in [7, 11) is 0. The van der Waals surface area contributed by atoms with Gasteiger partial charge in [-0.25, -0.2) is 9.18 Å². The maximum absolute atomic E-state index is 13.8. The zero-order valence-corrected chi connectivity index (χ0v) is 11.2. The maximum Gasteiger partial charge on any atom is 0.329 e. The first-order chi connectivity index (χ1) is 8.85. The quantitative estimate of drug-likeness (QED) is 0.536. The standard InChI is InChI=1S/C11H15FN2O5.ClH/c12-4-3-11(10(18)19,14-5(15)1-2-13)8-6(4)7(8)9(16)17;/h4,6-8H,1-3,13H2,(H,14,15)(H,16,17)(H,18,19);1H/t4-,6+,7+,8+,11+;/m1./s1. The summed E-state index contributed by atoms with van der Waals surface area (Å²) in [5.41, 5.74) is 3.37. The van der Waals surface area contributed by atoms with E-state index in [9.17, 15) is 23.9 Å². The highest BCUT2D eigenvalue weighted by atomic mass is 35.5. The lowest BCUT2D eigenvalue weighted by molar-refractivity contribution is -0.150. The first-order valence-corrected chi connectivity index (χ1v) is 5.96. The number of rotatable bonds is 5. The second kappa shape index (κ2) is 5.53. The van der Waals surface area contributed by atoms with Crippen LogP contribution in [0.2, 0.25) is 0 Å². The van der Waals surface area contributed by atoms with Gasteiger partial charge in [-0.15, -0.1) is 12.4 Å². The van der Waals surface area contributed by atoms with Crippen LogP contribution >= 0.6 is 12.4 Å². The highest BCUT2D eigenvalue weighted by molar-refractivity contribution is 5.91. The van der Waals surface area contributed by atoms with Crippen LogP contribution in [0.3, 0.4) is 0 Å². The average Bonchev–Trinajstić information content (AvgIpc) is 2.97. The van der Waals surface area contributed by atoms with Crippen molar-refractivity contribution in [3.05, 3.63) is 0 Å². The number of hydrogen-bond donors (Lipinski definition) is 4. The molecule has 5 atom stereocenters. The summed E-state index contributed by atoms with van der Waals surface area (Å²) in [5.74, 6) is -5.98. The van der Waals surface area contributed by atoms with E-state index in [1.807, 2.05) is 0 Å². The fraction of sp³-hybridized carbons (Fsp3) is 0.727. The van der Waals surface area contributed by atoms with Gasteiger partial charge in [-0.2, -0.15) is 0 Å². The summed E-state index contributed by atoms with van der Waals surface area (Å²) in [6.07, 6.45) is -2.00. The fourth-order valence-corrected chi connectivity index (χ4v) is 3.18. The summed E-state index contributed by atoms with van der Waals surface area (Å²) in [6, 6.07) is 0. The van der Waals surface area contributed by atoms with Gasteiger partial charge in [-0.3, -0.25) is 9.59 Å². The molecule has 0 aromatic carbocycles. The molecule has 0 aromatic heterocycles. The Morgan fingerprint density at radius 3 is 2.35 bits per heavy atom. The molecular weight excluding hydrogens is 295 g/mol. The number of aliphatic carboxylic acids is 2. The van der Waals surface area contributed by atoms with E-state index in [1.54, 1.807) is 0 Å². The Kier molecular flexibility index (Phi) is 4.60. The van der Waals surface area contributed by atoms with Gasteiger partial charge in [-0.1, -0.05) is 0 Å². The Bertz CT molecular complexity index is 449. The minimum Gasteiger partial charge on any atom is -0.481 e. The van der Waals surface area contributed by atoms with Crippen molar-refractivity contribution in [2.45, 2.75) is 24.6 Å². The molecule has 114 valence electrons. The van der Waals surface area contributed by atoms with Crippen molar-refractivity contribution in [1.29, 1.82) is 0 Å². The van der Waals surface area contributed by atoms with Crippen molar-refractivity contribution >= 4 is 30.3 Å². The van der Waals surface area contributed by atoms with Crippen LogP contribution in [0.25, 0.3) is 0 Å². The van der Waals surface area contributed by atoms with Crippen LogP contribution < -0.4 is 11.1 Å². The number of halogens is 2. The van der Waals surface area contributed by atoms with Crippen LogP contribution in [0.1, 0.15) is 12.8 Å². The molecular formula is C11H16ClFN2O5. The smallest absolute Gasteiger partial charge is 0.329 e. The molecule has 9 heteroatoms. The number of hydrogen-bond acceptors (Lipinski definition) is 4. The molecule has 1 amide bonds. The molecule has 0 aliphatic heterocycles. The topological polar surface area (TPSA) is 130 Å². The molecule has 0 unspecified atom stereocenters. The molecule has 2 rings (SSSR count). The molecule has 0 heterocycles. The number of nitrogens with one attached hydrogen (secondary N) is 1. The van der Waals surface area contributed by atoms with E-state index in [2.05, 4.69) is 5.32 Å². The Balaban J connectivity index is 0.00000200. The maximum atomic E-state index is 13.8. The number of carboxylic acids is 2. The van der Waals surface area contributed by atoms with E-state index in [-0.39, 0.29) is 25.4 Å². The largest absolute Gasteiger partial charge is 0.481 e. The van der Waals surface area contributed by atoms with E-state index in [4.69, 9.17) is 10.8 Å². The highest BCUT2D eigenvalue weighted by Crippen LogP contribution is 2.63. The second-order valence-corrected chi connectivity index (χ2v) is 5.05. The lowest BCUT2D eigenvalue weighted by Gasteiger charge is -2.28. The molecule has 0 saturated heterocycles. The third-order valence-corrected chi connectivity index (χ3v) is 3.98. The lowest BCUT2D eigenvalue weighted by atomic mass is 9.89. The summed E-state index contributed by atoms with van der Waals surface area (Å²) >= 11 is 0. The first kappa shape index (κ1) is 16.6. The van der Waals surface area contributed by atoms with Crippen LogP contribution in [0.15, 0.2) is 0 Å². The Labute approximate surface area is 120 Å². The molecule has 0 radical (unpaired) electrons. The number of fused-ring (bicyclic) bond motifs is 1. The van der Waals surface area contributed by atoms with Gasteiger partial charge < -0.3 is 21.3 Å². The summed E-state index contributed by atoms with van der Waals surface area (Å²) < 4.78 is 13.8. The molecule has 0 spiro atoms. The van der Waals surface area contributed by atoms with Crippen LogP contribution in [0, 0.1) is 17.8 Å². The average molecular weight is 311 g/mol. The number of amides is 1. The zero-order chi connectivity index (χ0) is 14.4. The third-order valence-electron chi connectivity index (χ3n) is 3.98. The fourth-order valence-electron chi connectivity index (χ4n) is 3.18. The summed E-state index contributed by atoms with van der Waals surface area (Å²) in [4.78, 5) is 33.9. The summed E-state index contributed by atoms with van der Waals surface area (Å²) in [5, 5.41) is 20.5. The van der Waals surface area contributed by atoms with E-state index < -0.39 is 53.7 Å². The molecule has 2 aliphatic carbocycles. The number of nitrogens with two attached hydrogens (primary N) is 1. The molecule has 2 aliphatic rings. The van der Waals surface area contributed by atoms with Crippen molar-refractivity contribution in [2.24, 2.45) is 23.5 Å². The summed E-state index contributed by atoms with van der Waals surface area (Å²) in [6.45, 7) is 0.0387. The number of carbonyl (C=O) groups is 3. The molecule has 5 N–H and O–H groups in total. The van der Waals surface area contributed by atoms with Crippen LogP contribution in [-0.2, 0) is 14.4 Å². The number of carbonyl (C=O) groups excluding carboxylic acids is 1. The Morgan fingerprint density at radius 1 is 1.35 bits per heavy atom. The van der Waals surface area contributed by atoms with Crippen molar-refractivity contribution < 1.29 is 29.0 Å². The minimum atomic E-state index is -1.82. The predicted molar refractivity (Wildman–Crippen MR) is 67.0 cm³/mol. The molecule has 7 nitrogen and oxygen atoms in total.